The third kappa shape index (κ3) is 3.56. The number of anilines is 3. The van der Waals surface area contributed by atoms with Gasteiger partial charge in [-0.3, -0.25) is 0 Å². The molecule has 5 nitrogen and oxygen atoms in total. The molecule has 0 aliphatic carbocycles. The summed E-state index contributed by atoms with van der Waals surface area (Å²) < 4.78 is 5.09. The van der Waals surface area contributed by atoms with Crippen molar-refractivity contribution in [1.29, 1.82) is 0 Å². The Labute approximate surface area is 116 Å². The lowest BCUT2D eigenvalue weighted by Gasteiger charge is -2.12. The molecule has 0 saturated carbocycles. The van der Waals surface area contributed by atoms with Crippen molar-refractivity contribution in [2.75, 3.05) is 24.8 Å². The molecular weight excluding hydrogens is 264 g/mol. The third-order valence-corrected chi connectivity index (χ3v) is 2.82. The molecule has 0 saturated heterocycles. The van der Waals surface area contributed by atoms with Crippen molar-refractivity contribution in [2.45, 2.75) is 6.42 Å². The second kappa shape index (κ2) is 6.36. The molecule has 0 spiro atoms. The summed E-state index contributed by atoms with van der Waals surface area (Å²) in [5.41, 5.74) is 8.32. The molecule has 6 heteroatoms. The molecule has 1 aromatic heterocycles. The Morgan fingerprint density at radius 2 is 2.16 bits per heavy atom. The van der Waals surface area contributed by atoms with Crippen LogP contribution in [0.5, 0.6) is 0 Å². The van der Waals surface area contributed by atoms with Gasteiger partial charge in [0.1, 0.15) is 0 Å². The fourth-order valence-electron chi connectivity index (χ4n) is 1.67. The van der Waals surface area contributed by atoms with Crippen LogP contribution in [0.2, 0.25) is 5.28 Å². The van der Waals surface area contributed by atoms with E-state index in [1.807, 2.05) is 24.3 Å². The number of para-hydroxylation sites is 1. The van der Waals surface area contributed by atoms with E-state index < -0.39 is 0 Å². The highest BCUT2D eigenvalue weighted by atomic mass is 35.5. The summed E-state index contributed by atoms with van der Waals surface area (Å²) in [4.78, 5) is 7.90. The minimum atomic E-state index is 0.158. The third-order valence-electron chi connectivity index (χ3n) is 2.63. The molecule has 0 amide bonds. The summed E-state index contributed by atoms with van der Waals surface area (Å²) in [6.45, 7) is 0.651. The molecule has 0 radical (unpaired) electrons. The molecule has 2 aromatic rings. The van der Waals surface area contributed by atoms with Crippen molar-refractivity contribution in [3.8, 4) is 0 Å². The van der Waals surface area contributed by atoms with Crippen LogP contribution in [-0.2, 0) is 11.2 Å². The van der Waals surface area contributed by atoms with Crippen LogP contribution in [0.25, 0.3) is 0 Å². The number of rotatable bonds is 5. The first-order valence-corrected chi connectivity index (χ1v) is 6.20. The van der Waals surface area contributed by atoms with Crippen molar-refractivity contribution >= 4 is 28.8 Å². The van der Waals surface area contributed by atoms with Gasteiger partial charge in [-0.05, 0) is 29.7 Å². The maximum Gasteiger partial charge on any atom is 0.224 e. The normalized spacial score (nSPS) is 10.4. The maximum atomic E-state index is 5.82. The van der Waals surface area contributed by atoms with Gasteiger partial charge in [0, 0.05) is 12.8 Å². The first kappa shape index (κ1) is 13.6. The fourth-order valence-corrected chi connectivity index (χ4v) is 1.80. The number of ether oxygens (including phenoxy) is 1. The van der Waals surface area contributed by atoms with Crippen LogP contribution in [0.4, 0.5) is 17.2 Å². The highest BCUT2D eigenvalue weighted by Gasteiger charge is 2.07. The van der Waals surface area contributed by atoms with Gasteiger partial charge in [0.2, 0.25) is 5.28 Å². The second-order valence-corrected chi connectivity index (χ2v) is 4.31. The Morgan fingerprint density at radius 3 is 2.95 bits per heavy atom. The predicted molar refractivity (Wildman–Crippen MR) is 76.8 cm³/mol. The summed E-state index contributed by atoms with van der Waals surface area (Å²) in [7, 11) is 1.68. The lowest BCUT2D eigenvalue weighted by Crippen LogP contribution is -2.04. The number of benzene rings is 1. The molecule has 0 unspecified atom stereocenters. The fraction of sp³-hybridized carbons (Fsp3) is 0.231. The second-order valence-electron chi connectivity index (χ2n) is 3.97. The zero-order valence-corrected chi connectivity index (χ0v) is 11.3. The van der Waals surface area contributed by atoms with Crippen LogP contribution >= 0.6 is 11.6 Å². The monoisotopic (exact) mass is 278 g/mol. The highest BCUT2D eigenvalue weighted by molar-refractivity contribution is 6.28. The first-order chi connectivity index (χ1) is 9.20. The number of hydrogen-bond donors (Lipinski definition) is 2. The number of nitrogens with two attached hydrogens (primary N) is 1. The van der Waals surface area contributed by atoms with E-state index in [9.17, 15) is 0 Å². The molecule has 19 heavy (non-hydrogen) atoms. The van der Waals surface area contributed by atoms with Gasteiger partial charge in [0.05, 0.1) is 18.5 Å². The Balaban J connectivity index is 2.25. The summed E-state index contributed by atoms with van der Waals surface area (Å²) in [6.07, 6.45) is 2.29. The number of halogens is 1. The van der Waals surface area contributed by atoms with E-state index in [4.69, 9.17) is 22.1 Å². The standard InChI is InChI=1S/C13H15ClN4O/c1-19-7-6-9-4-2-3-5-11(9)17-12-10(15)8-16-13(14)18-12/h2-5,8H,6-7,15H2,1H3,(H,16,17,18). The molecule has 3 N–H and O–H groups in total. The average Bonchev–Trinajstić information content (AvgIpc) is 2.42. The van der Waals surface area contributed by atoms with Gasteiger partial charge in [-0.25, -0.2) is 4.98 Å². The molecule has 0 atom stereocenters. The van der Waals surface area contributed by atoms with Gasteiger partial charge in [-0.15, -0.1) is 0 Å². The van der Waals surface area contributed by atoms with Crippen LogP contribution in [0.1, 0.15) is 5.56 Å². The SMILES string of the molecule is COCCc1ccccc1Nc1nc(Cl)ncc1N. The van der Waals surface area contributed by atoms with Crippen molar-refractivity contribution < 1.29 is 4.74 Å². The van der Waals surface area contributed by atoms with E-state index in [0.717, 1.165) is 17.7 Å². The highest BCUT2D eigenvalue weighted by Crippen LogP contribution is 2.24. The maximum absolute atomic E-state index is 5.82. The van der Waals surface area contributed by atoms with Crippen molar-refractivity contribution in [2.24, 2.45) is 0 Å². The van der Waals surface area contributed by atoms with Crippen molar-refractivity contribution in [3.05, 3.63) is 41.3 Å². The summed E-state index contributed by atoms with van der Waals surface area (Å²) in [5, 5.41) is 3.33. The molecule has 2 rings (SSSR count). The summed E-state index contributed by atoms with van der Waals surface area (Å²) in [5.74, 6) is 0.505. The Morgan fingerprint density at radius 1 is 1.37 bits per heavy atom. The lowest BCUT2D eigenvalue weighted by molar-refractivity contribution is 0.202. The Hall–Kier alpha value is -1.85. The zero-order chi connectivity index (χ0) is 13.7. The molecule has 1 heterocycles. The molecule has 0 bridgehead atoms. The van der Waals surface area contributed by atoms with E-state index in [1.54, 1.807) is 7.11 Å². The predicted octanol–water partition coefficient (Wildman–Crippen LogP) is 2.64. The average molecular weight is 279 g/mol. The van der Waals surface area contributed by atoms with E-state index in [2.05, 4.69) is 15.3 Å². The number of nitrogen functional groups attached to an aromatic ring is 1. The van der Waals surface area contributed by atoms with Crippen LogP contribution in [0.15, 0.2) is 30.5 Å². The molecule has 0 fully saturated rings. The quantitative estimate of drug-likeness (QED) is 0.823. The Kier molecular flexibility index (Phi) is 4.54. The number of aromatic nitrogens is 2. The van der Waals surface area contributed by atoms with Crippen molar-refractivity contribution in [3.63, 3.8) is 0 Å². The van der Waals surface area contributed by atoms with E-state index in [-0.39, 0.29) is 5.28 Å². The van der Waals surface area contributed by atoms with Gasteiger partial charge in [-0.2, -0.15) is 4.98 Å². The molecular formula is C13H15ClN4O. The number of hydrogen-bond acceptors (Lipinski definition) is 5. The van der Waals surface area contributed by atoms with E-state index in [0.29, 0.717) is 18.1 Å². The topological polar surface area (TPSA) is 73.1 Å². The number of nitrogens with one attached hydrogen (secondary N) is 1. The number of methoxy groups -OCH3 is 1. The molecule has 100 valence electrons. The minimum Gasteiger partial charge on any atom is -0.394 e. The van der Waals surface area contributed by atoms with Gasteiger partial charge in [0.15, 0.2) is 5.82 Å². The van der Waals surface area contributed by atoms with Gasteiger partial charge < -0.3 is 15.8 Å². The van der Waals surface area contributed by atoms with Gasteiger partial charge >= 0.3 is 0 Å². The Bertz CT molecular complexity index is 562. The first-order valence-electron chi connectivity index (χ1n) is 5.82. The largest absolute Gasteiger partial charge is 0.394 e. The van der Waals surface area contributed by atoms with Crippen molar-refractivity contribution in [1.82, 2.24) is 9.97 Å². The molecule has 1 aromatic carbocycles. The van der Waals surface area contributed by atoms with E-state index in [1.165, 1.54) is 6.20 Å². The molecule has 0 aliphatic rings. The molecule has 0 aliphatic heterocycles. The summed E-state index contributed by atoms with van der Waals surface area (Å²) >= 11 is 5.77. The van der Waals surface area contributed by atoms with Gasteiger partial charge in [-0.1, -0.05) is 18.2 Å². The van der Waals surface area contributed by atoms with Crippen LogP contribution in [0.3, 0.4) is 0 Å². The summed E-state index contributed by atoms with van der Waals surface area (Å²) in [6, 6.07) is 7.91. The van der Waals surface area contributed by atoms with Gasteiger partial charge in [0.25, 0.3) is 0 Å². The van der Waals surface area contributed by atoms with Crippen LogP contribution in [0, 0.1) is 0 Å². The lowest BCUT2D eigenvalue weighted by atomic mass is 10.1. The zero-order valence-electron chi connectivity index (χ0n) is 10.6. The van der Waals surface area contributed by atoms with E-state index >= 15 is 0 Å². The number of nitrogens with zero attached hydrogens (tertiary/aromatic N) is 2. The minimum absolute atomic E-state index is 0.158. The van der Waals surface area contributed by atoms with Crippen LogP contribution in [-0.4, -0.2) is 23.7 Å². The smallest absolute Gasteiger partial charge is 0.224 e. The van der Waals surface area contributed by atoms with Crippen LogP contribution < -0.4 is 11.1 Å².